The van der Waals surface area contributed by atoms with Crippen LogP contribution in [0.3, 0.4) is 0 Å². The third kappa shape index (κ3) is 5.09. The number of hydrogen-bond donors (Lipinski definition) is 2. The number of benzene rings is 1. The number of aromatic nitrogens is 4. The van der Waals surface area contributed by atoms with Crippen molar-refractivity contribution in [3.63, 3.8) is 0 Å². The number of tetrazole rings is 1. The van der Waals surface area contributed by atoms with E-state index in [1.807, 2.05) is 31.2 Å². The quantitative estimate of drug-likeness (QED) is 0.385. The Balaban J connectivity index is 1.74. The highest BCUT2D eigenvalue weighted by molar-refractivity contribution is 7.99. The van der Waals surface area contributed by atoms with Crippen molar-refractivity contribution in [3.05, 3.63) is 45.8 Å². The van der Waals surface area contributed by atoms with Crippen molar-refractivity contribution >= 4 is 45.9 Å². The number of thiophene rings is 1. The third-order valence-corrected chi connectivity index (χ3v) is 6.30. The molecule has 1 aromatic carbocycles. The number of nitrogens with zero attached hydrogens (tertiary/aromatic N) is 4. The minimum absolute atomic E-state index is 0.0165. The van der Waals surface area contributed by atoms with E-state index in [9.17, 15) is 14.4 Å². The number of carbonyl (C=O) groups excluding carboxylic acids is 3. The van der Waals surface area contributed by atoms with E-state index in [4.69, 9.17) is 10.5 Å². The maximum absolute atomic E-state index is 12.6. The van der Waals surface area contributed by atoms with Crippen LogP contribution in [0.15, 0.2) is 29.4 Å². The van der Waals surface area contributed by atoms with Gasteiger partial charge in [0.1, 0.15) is 5.00 Å². The Morgan fingerprint density at radius 3 is 2.58 bits per heavy atom. The summed E-state index contributed by atoms with van der Waals surface area (Å²) in [6.45, 7) is 5.39. The van der Waals surface area contributed by atoms with E-state index < -0.39 is 17.8 Å². The van der Waals surface area contributed by atoms with Crippen molar-refractivity contribution in [2.45, 2.75) is 25.9 Å². The number of rotatable bonds is 8. The average molecular weight is 461 g/mol. The summed E-state index contributed by atoms with van der Waals surface area (Å²) >= 11 is 2.07. The van der Waals surface area contributed by atoms with Crippen LogP contribution in [0.5, 0.6) is 0 Å². The molecule has 2 aromatic heterocycles. The average Bonchev–Trinajstić information content (AvgIpc) is 3.31. The minimum Gasteiger partial charge on any atom is -0.462 e. The molecule has 0 saturated carbocycles. The zero-order valence-electron chi connectivity index (χ0n) is 17.0. The highest BCUT2D eigenvalue weighted by Crippen LogP contribution is 2.33. The van der Waals surface area contributed by atoms with Gasteiger partial charge in [-0.25, -0.2) is 4.79 Å². The van der Waals surface area contributed by atoms with E-state index in [1.165, 1.54) is 4.68 Å². The summed E-state index contributed by atoms with van der Waals surface area (Å²) in [4.78, 5) is 36.7. The summed E-state index contributed by atoms with van der Waals surface area (Å²) in [6, 6.07) is 7.62. The molecule has 0 aliphatic carbocycles. The lowest BCUT2D eigenvalue weighted by Crippen LogP contribution is -2.17. The van der Waals surface area contributed by atoms with E-state index >= 15 is 0 Å². The zero-order chi connectivity index (χ0) is 22.5. The van der Waals surface area contributed by atoms with Gasteiger partial charge in [0.05, 0.1) is 28.5 Å². The molecule has 0 atom stereocenters. The van der Waals surface area contributed by atoms with Gasteiger partial charge >= 0.3 is 5.97 Å². The Kier molecular flexibility index (Phi) is 7.02. The van der Waals surface area contributed by atoms with Crippen LogP contribution in [0.25, 0.3) is 5.69 Å². The van der Waals surface area contributed by atoms with Crippen molar-refractivity contribution in [1.82, 2.24) is 20.2 Å². The molecule has 3 rings (SSSR count). The van der Waals surface area contributed by atoms with Gasteiger partial charge in [-0.05, 0) is 48.9 Å². The normalized spacial score (nSPS) is 10.7. The first-order valence-electron chi connectivity index (χ1n) is 9.20. The molecule has 0 aliphatic heterocycles. The van der Waals surface area contributed by atoms with Crippen molar-refractivity contribution < 1.29 is 19.1 Å². The van der Waals surface area contributed by atoms with Gasteiger partial charge in [-0.3, -0.25) is 9.59 Å². The molecule has 10 nitrogen and oxygen atoms in total. The fourth-order valence-corrected chi connectivity index (χ4v) is 4.45. The van der Waals surface area contributed by atoms with Gasteiger partial charge in [0, 0.05) is 0 Å². The number of anilines is 1. The maximum Gasteiger partial charge on any atom is 0.341 e. The van der Waals surface area contributed by atoms with E-state index in [2.05, 4.69) is 20.8 Å². The molecular weight excluding hydrogens is 440 g/mol. The van der Waals surface area contributed by atoms with Crippen LogP contribution in [0, 0.1) is 13.8 Å². The molecule has 12 heteroatoms. The molecule has 0 unspecified atom stereocenters. The topological polar surface area (TPSA) is 142 Å². The van der Waals surface area contributed by atoms with Crippen LogP contribution in [0.1, 0.15) is 38.1 Å². The number of ether oxygens (including phenoxy) is 1. The Morgan fingerprint density at radius 2 is 1.94 bits per heavy atom. The Bertz CT molecular complexity index is 1120. The Hall–Kier alpha value is -3.25. The van der Waals surface area contributed by atoms with Crippen LogP contribution in [0.2, 0.25) is 0 Å². The number of hydrogen-bond acceptors (Lipinski definition) is 9. The first-order valence-corrected chi connectivity index (χ1v) is 11.0. The summed E-state index contributed by atoms with van der Waals surface area (Å²) in [5.74, 6) is -1.72. The molecule has 31 heavy (non-hydrogen) atoms. The molecule has 3 aromatic rings. The number of thioether (sulfide) groups is 1. The second-order valence-corrected chi connectivity index (χ2v) is 8.35. The van der Waals surface area contributed by atoms with Crippen LogP contribution in [0.4, 0.5) is 5.00 Å². The van der Waals surface area contributed by atoms with Gasteiger partial charge in [-0.1, -0.05) is 29.5 Å². The number of amides is 2. The second-order valence-electron chi connectivity index (χ2n) is 6.39. The fourth-order valence-electron chi connectivity index (χ4n) is 2.70. The molecule has 0 bridgehead atoms. The molecule has 2 amide bonds. The second kappa shape index (κ2) is 9.71. The molecule has 0 aliphatic rings. The van der Waals surface area contributed by atoms with Crippen molar-refractivity contribution in [2.75, 3.05) is 17.7 Å². The van der Waals surface area contributed by atoms with Crippen LogP contribution >= 0.6 is 23.1 Å². The molecular formula is C19H20N6O4S2. The smallest absolute Gasteiger partial charge is 0.341 e. The fraction of sp³-hybridized carbons (Fsp3) is 0.263. The standard InChI is InChI=1S/C19H20N6O4S2/c1-4-29-18(28)14-11(3)15(16(20)27)31-17(14)21-13(26)9-30-19-22-23-24-25(19)12-7-5-10(2)6-8-12/h5-8H,4,9H2,1-3H3,(H2,20,27)(H,21,26). The van der Waals surface area contributed by atoms with E-state index in [0.717, 1.165) is 34.3 Å². The molecule has 0 fully saturated rings. The molecule has 162 valence electrons. The number of carbonyl (C=O) groups is 3. The van der Waals surface area contributed by atoms with Gasteiger partial charge < -0.3 is 15.8 Å². The number of aryl methyl sites for hydroxylation is 1. The lowest BCUT2D eigenvalue weighted by Gasteiger charge is -2.07. The van der Waals surface area contributed by atoms with E-state index in [1.54, 1.807) is 13.8 Å². The summed E-state index contributed by atoms with van der Waals surface area (Å²) in [5.41, 5.74) is 7.76. The number of esters is 1. The largest absolute Gasteiger partial charge is 0.462 e. The molecule has 0 saturated heterocycles. The summed E-state index contributed by atoms with van der Waals surface area (Å²) in [5, 5.41) is 14.9. The monoisotopic (exact) mass is 460 g/mol. The van der Waals surface area contributed by atoms with Crippen LogP contribution < -0.4 is 11.1 Å². The van der Waals surface area contributed by atoms with E-state index in [0.29, 0.717) is 10.7 Å². The van der Waals surface area contributed by atoms with Gasteiger partial charge in [0.25, 0.3) is 5.91 Å². The van der Waals surface area contributed by atoms with E-state index in [-0.39, 0.29) is 27.8 Å². The third-order valence-electron chi connectivity index (χ3n) is 4.15. The lowest BCUT2D eigenvalue weighted by molar-refractivity contribution is -0.113. The predicted octanol–water partition coefficient (Wildman–Crippen LogP) is 2.35. The summed E-state index contributed by atoms with van der Waals surface area (Å²) < 4.78 is 6.57. The highest BCUT2D eigenvalue weighted by Gasteiger charge is 2.25. The summed E-state index contributed by atoms with van der Waals surface area (Å²) in [7, 11) is 0. The van der Waals surface area contributed by atoms with Gasteiger partial charge in [0.15, 0.2) is 0 Å². The maximum atomic E-state index is 12.6. The zero-order valence-corrected chi connectivity index (χ0v) is 18.7. The lowest BCUT2D eigenvalue weighted by atomic mass is 10.1. The number of nitrogens with two attached hydrogens (primary N) is 1. The number of nitrogens with one attached hydrogen (secondary N) is 1. The number of primary amides is 1. The molecule has 3 N–H and O–H groups in total. The van der Waals surface area contributed by atoms with Crippen LogP contribution in [-0.2, 0) is 9.53 Å². The minimum atomic E-state index is -0.680. The van der Waals surface area contributed by atoms with Crippen LogP contribution in [-0.4, -0.2) is 50.4 Å². The summed E-state index contributed by atoms with van der Waals surface area (Å²) in [6.07, 6.45) is 0. The first-order chi connectivity index (χ1) is 14.8. The molecule has 0 spiro atoms. The van der Waals surface area contributed by atoms with Crippen molar-refractivity contribution in [1.29, 1.82) is 0 Å². The van der Waals surface area contributed by atoms with Gasteiger partial charge in [0.2, 0.25) is 11.1 Å². The Morgan fingerprint density at radius 1 is 1.23 bits per heavy atom. The predicted molar refractivity (Wildman–Crippen MR) is 117 cm³/mol. The van der Waals surface area contributed by atoms with Crippen molar-refractivity contribution in [3.8, 4) is 5.69 Å². The highest BCUT2D eigenvalue weighted by atomic mass is 32.2. The van der Waals surface area contributed by atoms with Gasteiger partial charge in [-0.2, -0.15) is 4.68 Å². The SMILES string of the molecule is CCOC(=O)c1c(NC(=O)CSc2nnnn2-c2ccc(C)cc2)sc(C(N)=O)c1C. The first kappa shape index (κ1) is 22.4. The Labute approximate surface area is 186 Å². The molecule has 2 heterocycles. The van der Waals surface area contributed by atoms with Crippen molar-refractivity contribution in [2.24, 2.45) is 5.73 Å². The molecule has 0 radical (unpaired) electrons. The van der Waals surface area contributed by atoms with Gasteiger partial charge in [-0.15, -0.1) is 16.4 Å².